The van der Waals surface area contributed by atoms with E-state index in [4.69, 9.17) is 4.74 Å². The van der Waals surface area contributed by atoms with Crippen LogP contribution in [-0.4, -0.2) is 40.6 Å². The SMILES string of the molecule is COCCN(Cc1ccccc1)C(=O)Cn1cnc2sc3c(c2c1=O)CC[C@@H](C)C3. The maximum absolute atomic E-state index is 13.2. The average Bonchev–Trinajstić information content (AvgIpc) is 3.12. The van der Waals surface area contributed by atoms with Crippen molar-refractivity contribution in [3.05, 3.63) is 63.0 Å². The molecular weight excluding hydrogens is 398 g/mol. The van der Waals surface area contributed by atoms with Gasteiger partial charge in [0.15, 0.2) is 0 Å². The topological polar surface area (TPSA) is 64.4 Å². The minimum atomic E-state index is -0.114. The van der Waals surface area contributed by atoms with E-state index in [2.05, 4.69) is 11.9 Å². The molecule has 6 nitrogen and oxygen atoms in total. The Bertz CT molecular complexity index is 1090. The Labute approximate surface area is 180 Å². The number of methoxy groups -OCH3 is 1. The van der Waals surface area contributed by atoms with Gasteiger partial charge in [0.05, 0.1) is 18.3 Å². The van der Waals surface area contributed by atoms with Gasteiger partial charge in [-0.25, -0.2) is 4.98 Å². The summed E-state index contributed by atoms with van der Waals surface area (Å²) >= 11 is 1.63. The molecule has 0 spiro atoms. The molecule has 0 fully saturated rings. The van der Waals surface area contributed by atoms with Crippen LogP contribution in [-0.2, 0) is 35.5 Å². The van der Waals surface area contributed by atoms with Crippen molar-refractivity contribution in [2.75, 3.05) is 20.3 Å². The van der Waals surface area contributed by atoms with Gasteiger partial charge in [-0.2, -0.15) is 0 Å². The van der Waals surface area contributed by atoms with Crippen LogP contribution in [0.1, 0.15) is 29.3 Å². The molecule has 158 valence electrons. The summed E-state index contributed by atoms with van der Waals surface area (Å²) in [7, 11) is 1.62. The summed E-state index contributed by atoms with van der Waals surface area (Å²) in [5.41, 5.74) is 2.09. The predicted octanol–water partition coefficient (Wildman–Crippen LogP) is 3.26. The Kier molecular flexibility index (Phi) is 6.29. The predicted molar refractivity (Wildman–Crippen MR) is 119 cm³/mol. The first kappa shape index (κ1) is 20.8. The van der Waals surface area contributed by atoms with Gasteiger partial charge in [0.1, 0.15) is 11.4 Å². The number of nitrogens with zero attached hydrogens (tertiary/aromatic N) is 3. The average molecular weight is 426 g/mol. The van der Waals surface area contributed by atoms with E-state index in [1.54, 1.807) is 23.3 Å². The van der Waals surface area contributed by atoms with Crippen LogP contribution in [0.15, 0.2) is 41.5 Å². The third-order valence-electron chi connectivity index (χ3n) is 5.72. The molecule has 0 unspecified atom stereocenters. The number of amides is 1. The summed E-state index contributed by atoms with van der Waals surface area (Å²) in [6.45, 7) is 3.64. The summed E-state index contributed by atoms with van der Waals surface area (Å²) in [6.07, 6.45) is 4.54. The Morgan fingerprint density at radius 3 is 2.90 bits per heavy atom. The number of aromatic nitrogens is 2. The molecule has 7 heteroatoms. The van der Waals surface area contributed by atoms with Gasteiger partial charge in [-0.3, -0.25) is 14.2 Å². The van der Waals surface area contributed by atoms with Crippen LogP contribution in [0.25, 0.3) is 10.2 Å². The number of benzene rings is 1. The van der Waals surface area contributed by atoms with Crippen molar-refractivity contribution in [3.8, 4) is 0 Å². The maximum atomic E-state index is 13.2. The highest BCUT2D eigenvalue weighted by molar-refractivity contribution is 7.18. The van der Waals surface area contributed by atoms with Crippen LogP contribution in [0.4, 0.5) is 0 Å². The molecule has 1 aliphatic rings. The Balaban J connectivity index is 1.59. The van der Waals surface area contributed by atoms with Crippen molar-refractivity contribution in [1.29, 1.82) is 0 Å². The normalized spacial score (nSPS) is 15.9. The first-order valence-corrected chi connectivity index (χ1v) is 11.2. The van der Waals surface area contributed by atoms with Crippen LogP contribution in [0.3, 0.4) is 0 Å². The van der Waals surface area contributed by atoms with Gasteiger partial charge in [-0.05, 0) is 36.3 Å². The molecule has 1 aromatic carbocycles. The van der Waals surface area contributed by atoms with Gasteiger partial charge in [0, 0.05) is 25.1 Å². The highest BCUT2D eigenvalue weighted by Crippen LogP contribution is 2.35. The Morgan fingerprint density at radius 2 is 2.13 bits per heavy atom. The summed E-state index contributed by atoms with van der Waals surface area (Å²) in [6, 6.07) is 9.85. The number of aryl methyl sites for hydroxylation is 1. The molecule has 1 atom stereocenters. The lowest BCUT2D eigenvalue weighted by atomic mass is 9.89. The molecule has 0 saturated heterocycles. The Morgan fingerprint density at radius 1 is 1.33 bits per heavy atom. The second kappa shape index (κ2) is 9.10. The fraction of sp³-hybridized carbons (Fsp3) is 0.435. The molecule has 0 aliphatic heterocycles. The molecule has 2 aromatic heterocycles. The zero-order valence-electron chi connectivity index (χ0n) is 17.5. The lowest BCUT2D eigenvalue weighted by Crippen LogP contribution is -2.38. The number of rotatable bonds is 7. The van der Waals surface area contributed by atoms with E-state index in [9.17, 15) is 9.59 Å². The number of fused-ring (bicyclic) bond motifs is 3. The summed E-state index contributed by atoms with van der Waals surface area (Å²) in [5, 5.41) is 0.712. The van der Waals surface area contributed by atoms with E-state index >= 15 is 0 Å². The number of ether oxygens (including phenoxy) is 1. The van der Waals surface area contributed by atoms with Crippen LogP contribution in [0.5, 0.6) is 0 Å². The monoisotopic (exact) mass is 425 g/mol. The van der Waals surface area contributed by atoms with Crippen molar-refractivity contribution in [3.63, 3.8) is 0 Å². The lowest BCUT2D eigenvalue weighted by Gasteiger charge is -2.23. The lowest BCUT2D eigenvalue weighted by molar-refractivity contribution is -0.133. The van der Waals surface area contributed by atoms with Gasteiger partial charge >= 0.3 is 0 Å². The number of hydrogen-bond donors (Lipinski definition) is 0. The fourth-order valence-electron chi connectivity index (χ4n) is 4.02. The van der Waals surface area contributed by atoms with E-state index in [0.717, 1.165) is 35.2 Å². The van der Waals surface area contributed by atoms with Crippen molar-refractivity contribution in [1.82, 2.24) is 14.5 Å². The van der Waals surface area contributed by atoms with Crippen LogP contribution in [0, 0.1) is 5.92 Å². The molecule has 1 amide bonds. The van der Waals surface area contributed by atoms with Gasteiger partial charge < -0.3 is 9.64 Å². The molecule has 0 saturated carbocycles. The first-order valence-electron chi connectivity index (χ1n) is 10.4. The molecule has 2 heterocycles. The van der Waals surface area contributed by atoms with Gasteiger partial charge in [0.25, 0.3) is 5.56 Å². The fourth-order valence-corrected chi connectivity index (χ4v) is 5.36. The summed E-state index contributed by atoms with van der Waals surface area (Å²) < 4.78 is 6.64. The molecule has 0 bridgehead atoms. The smallest absolute Gasteiger partial charge is 0.262 e. The molecule has 30 heavy (non-hydrogen) atoms. The minimum Gasteiger partial charge on any atom is -0.383 e. The third kappa shape index (κ3) is 4.32. The summed E-state index contributed by atoms with van der Waals surface area (Å²) in [5.74, 6) is 0.526. The molecule has 3 aromatic rings. The highest BCUT2D eigenvalue weighted by atomic mass is 32.1. The van der Waals surface area contributed by atoms with Gasteiger partial charge in [-0.1, -0.05) is 37.3 Å². The first-order chi connectivity index (χ1) is 14.6. The largest absolute Gasteiger partial charge is 0.383 e. The standard InChI is InChI=1S/C23H27N3O3S/c1-16-8-9-18-19(12-16)30-22-21(18)23(28)26(15-24-22)14-20(27)25(10-11-29-2)13-17-6-4-3-5-7-17/h3-7,15-16H,8-14H2,1-2H3/t16-/m1/s1. The number of carbonyl (C=O) groups is 1. The summed E-state index contributed by atoms with van der Waals surface area (Å²) in [4.78, 5) is 34.6. The number of carbonyl (C=O) groups excluding carboxylic acids is 1. The highest BCUT2D eigenvalue weighted by Gasteiger charge is 2.24. The van der Waals surface area contributed by atoms with E-state index in [-0.39, 0.29) is 18.0 Å². The third-order valence-corrected chi connectivity index (χ3v) is 6.88. The van der Waals surface area contributed by atoms with Crippen LogP contribution < -0.4 is 5.56 Å². The van der Waals surface area contributed by atoms with E-state index in [0.29, 0.717) is 31.0 Å². The molecule has 0 N–H and O–H groups in total. The van der Waals surface area contributed by atoms with Crippen molar-refractivity contribution in [2.45, 2.75) is 39.3 Å². The minimum absolute atomic E-state index is 0.0145. The zero-order valence-corrected chi connectivity index (χ0v) is 18.3. The van der Waals surface area contributed by atoms with E-state index < -0.39 is 0 Å². The second-order valence-corrected chi connectivity index (χ2v) is 9.09. The second-order valence-electron chi connectivity index (χ2n) is 8.00. The van der Waals surface area contributed by atoms with Crippen LogP contribution in [0.2, 0.25) is 0 Å². The van der Waals surface area contributed by atoms with Crippen molar-refractivity contribution in [2.24, 2.45) is 5.92 Å². The maximum Gasteiger partial charge on any atom is 0.262 e. The number of thiophene rings is 1. The Hall–Kier alpha value is -2.51. The molecule has 4 rings (SSSR count). The van der Waals surface area contributed by atoms with E-state index in [1.165, 1.54) is 15.8 Å². The van der Waals surface area contributed by atoms with E-state index in [1.807, 2.05) is 30.3 Å². The molecular formula is C23H27N3O3S. The molecule has 0 radical (unpaired) electrons. The van der Waals surface area contributed by atoms with Gasteiger partial charge in [-0.15, -0.1) is 11.3 Å². The van der Waals surface area contributed by atoms with Crippen molar-refractivity contribution < 1.29 is 9.53 Å². The zero-order chi connectivity index (χ0) is 21.1. The van der Waals surface area contributed by atoms with Gasteiger partial charge in [0.2, 0.25) is 5.91 Å². The quantitative estimate of drug-likeness (QED) is 0.583. The molecule has 1 aliphatic carbocycles. The van der Waals surface area contributed by atoms with Crippen molar-refractivity contribution >= 4 is 27.5 Å². The van der Waals surface area contributed by atoms with Crippen LogP contribution >= 0.6 is 11.3 Å². The number of hydrogen-bond acceptors (Lipinski definition) is 5.